The normalized spacial score (nSPS) is 14.7. The number of terminal acetylenes is 1. The number of amides is 2. The highest BCUT2D eigenvalue weighted by atomic mass is 19.1. The number of hydrogen-bond donors (Lipinski definition) is 1. The monoisotopic (exact) mass is 459 g/mol. The lowest BCUT2D eigenvalue weighted by atomic mass is 10.0. The number of hydrogen-bond acceptors (Lipinski definition) is 3. The van der Waals surface area contributed by atoms with Crippen LogP contribution in [0.4, 0.5) is 9.18 Å². The summed E-state index contributed by atoms with van der Waals surface area (Å²) in [7, 11) is 3.75. The first kappa shape index (κ1) is 30.2. The van der Waals surface area contributed by atoms with Gasteiger partial charge in [0.15, 0.2) is 0 Å². The second kappa shape index (κ2) is 17.7. The van der Waals surface area contributed by atoms with Gasteiger partial charge >= 0.3 is 6.03 Å². The van der Waals surface area contributed by atoms with Gasteiger partial charge in [0.1, 0.15) is 5.82 Å². The minimum absolute atomic E-state index is 0.0659. The summed E-state index contributed by atoms with van der Waals surface area (Å²) in [5.74, 6) is 1.33. The molecule has 0 atom stereocenters. The summed E-state index contributed by atoms with van der Waals surface area (Å²) >= 11 is 0. The number of urea groups is 1. The Labute approximate surface area is 200 Å². The molecule has 1 saturated heterocycles. The van der Waals surface area contributed by atoms with Gasteiger partial charge in [0.25, 0.3) is 0 Å². The van der Waals surface area contributed by atoms with Crippen LogP contribution in [0, 0.1) is 24.6 Å². The lowest BCUT2D eigenvalue weighted by Gasteiger charge is -2.37. The van der Waals surface area contributed by atoms with Gasteiger partial charge in [0.05, 0.1) is 12.4 Å². The number of nitrogens with one attached hydrogen (secondary N) is 1. The van der Waals surface area contributed by atoms with E-state index in [1.54, 1.807) is 19.2 Å². The van der Waals surface area contributed by atoms with Crippen LogP contribution in [0.25, 0.3) is 0 Å². The second-order valence-corrected chi connectivity index (χ2v) is 8.35. The van der Waals surface area contributed by atoms with E-state index < -0.39 is 0 Å². The van der Waals surface area contributed by atoms with E-state index in [1.165, 1.54) is 12.1 Å². The highest BCUT2D eigenvalue weighted by molar-refractivity contribution is 5.74. The van der Waals surface area contributed by atoms with E-state index in [1.807, 2.05) is 37.0 Å². The maximum absolute atomic E-state index is 12.9. The fourth-order valence-corrected chi connectivity index (χ4v) is 3.18. The Bertz CT molecular complexity index is 733. The Balaban J connectivity index is 0.000000673. The van der Waals surface area contributed by atoms with Gasteiger partial charge in [-0.3, -0.25) is 0 Å². The molecule has 0 aromatic heterocycles. The fourth-order valence-electron chi connectivity index (χ4n) is 3.18. The van der Waals surface area contributed by atoms with Crippen LogP contribution in [-0.2, 0) is 11.3 Å². The molecule has 0 bridgehead atoms. The van der Waals surface area contributed by atoms with Gasteiger partial charge in [-0.1, -0.05) is 38.1 Å². The number of likely N-dealkylation sites (tertiary alicyclic amines) is 1. The van der Waals surface area contributed by atoms with Crippen molar-refractivity contribution in [2.24, 2.45) is 5.92 Å². The number of ether oxygens (including phenoxy) is 1. The van der Waals surface area contributed by atoms with Crippen molar-refractivity contribution in [3.8, 4) is 12.8 Å². The van der Waals surface area contributed by atoms with Crippen LogP contribution in [0.2, 0.25) is 0 Å². The maximum atomic E-state index is 12.9. The Morgan fingerprint density at radius 3 is 2.33 bits per heavy atom. The quantitative estimate of drug-likeness (QED) is 0.335. The summed E-state index contributed by atoms with van der Waals surface area (Å²) in [5, 5.41) is 2.70. The summed E-state index contributed by atoms with van der Waals surface area (Å²) in [4.78, 5) is 16.2. The zero-order valence-electron chi connectivity index (χ0n) is 21.2. The predicted octanol–water partition coefficient (Wildman–Crippen LogP) is 5.45. The van der Waals surface area contributed by atoms with Gasteiger partial charge in [-0.25, -0.2) is 9.18 Å². The molecule has 184 valence electrons. The van der Waals surface area contributed by atoms with E-state index in [-0.39, 0.29) is 17.9 Å². The van der Waals surface area contributed by atoms with Crippen molar-refractivity contribution in [3.05, 3.63) is 59.6 Å². The molecule has 33 heavy (non-hydrogen) atoms. The maximum Gasteiger partial charge on any atom is 0.317 e. The molecule has 1 aliphatic heterocycles. The van der Waals surface area contributed by atoms with E-state index in [0.29, 0.717) is 12.5 Å². The molecule has 0 aliphatic carbocycles. The summed E-state index contributed by atoms with van der Waals surface area (Å²) in [5.41, 5.74) is 0.953. The molecule has 0 saturated carbocycles. The molecule has 1 aromatic rings. The first-order valence-electron chi connectivity index (χ1n) is 11.4. The molecule has 1 fully saturated rings. The highest BCUT2D eigenvalue weighted by Crippen LogP contribution is 2.18. The van der Waals surface area contributed by atoms with E-state index >= 15 is 0 Å². The third-order valence-corrected chi connectivity index (χ3v) is 5.04. The third kappa shape index (κ3) is 13.4. The zero-order valence-corrected chi connectivity index (χ0v) is 21.2. The fraction of sp³-hybridized carbons (Fsp3) is 0.519. The van der Waals surface area contributed by atoms with E-state index in [0.717, 1.165) is 43.9 Å². The van der Waals surface area contributed by atoms with Crippen LogP contribution in [0.5, 0.6) is 0 Å². The Hall–Kier alpha value is -2.78. The van der Waals surface area contributed by atoms with Crippen molar-refractivity contribution >= 4 is 6.03 Å². The SMILES string of the molecule is C#C.C/C=C\C=C(/C)OCC(C)C.CNC(=O)N(Cc1ccc(F)cc1)C1CCN(C)CC1. The summed E-state index contributed by atoms with van der Waals surface area (Å²) < 4.78 is 18.4. The van der Waals surface area contributed by atoms with Crippen molar-refractivity contribution in [3.63, 3.8) is 0 Å². The van der Waals surface area contributed by atoms with E-state index in [2.05, 4.69) is 44.0 Å². The van der Waals surface area contributed by atoms with Crippen LogP contribution < -0.4 is 5.32 Å². The molecule has 0 spiro atoms. The van der Waals surface area contributed by atoms with Crippen molar-refractivity contribution in [1.82, 2.24) is 15.1 Å². The molecule has 1 heterocycles. The van der Waals surface area contributed by atoms with Crippen molar-refractivity contribution in [1.29, 1.82) is 0 Å². The Kier molecular flexibility index (Phi) is 16.2. The zero-order chi connectivity index (χ0) is 25.2. The number of halogens is 1. The summed E-state index contributed by atoms with van der Waals surface area (Å²) in [6.45, 7) is 11.6. The minimum atomic E-state index is -0.250. The predicted molar refractivity (Wildman–Crippen MR) is 136 cm³/mol. The van der Waals surface area contributed by atoms with Gasteiger partial charge < -0.3 is 19.9 Å². The highest BCUT2D eigenvalue weighted by Gasteiger charge is 2.26. The van der Waals surface area contributed by atoms with Gasteiger partial charge in [-0.15, -0.1) is 12.8 Å². The average Bonchev–Trinajstić information content (AvgIpc) is 2.83. The second-order valence-electron chi connectivity index (χ2n) is 8.35. The smallest absolute Gasteiger partial charge is 0.317 e. The molecule has 0 unspecified atom stereocenters. The molecule has 1 aliphatic rings. The lowest BCUT2D eigenvalue weighted by molar-refractivity contribution is 0.128. The Morgan fingerprint density at radius 1 is 1.27 bits per heavy atom. The minimum Gasteiger partial charge on any atom is -0.498 e. The molecule has 1 aromatic carbocycles. The molecule has 5 nitrogen and oxygen atoms in total. The number of nitrogens with zero attached hydrogens (tertiary/aromatic N) is 2. The number of benzene rings is 1. The van der Waals surface area contributed by atoms with Crippen LogP contribution in [0.15, 0.2) is 48.3 Å². The van der Waals surface area contributed by atoms with Gasteiger partial charge in [-0.2, -0.15) is 0 Å². The molecule has 6 heteroatoms. The van der Waals surface area contributed by atoms with E-state index in [4.69, 9.17) is 4.74 Å². The molecular weight excluding hydrogens is 417 g/mol. The number of rotatable bonds is 7. The van der Waals surface area contributed by atoms with Gasteiger partial charge in [-0.05, 0) is 76.5 Å². The number of piperidine rings is 1. The van der Waals surface area contributed by atoms with Crippen LogP contribution >= 0.6 is 0 Å². The van der Waals surface area contributed by atoms with Crippen LogP contribution in [0.3, 0.4) is 0 Å². The third-order valence-electron chi connectivity index (χ3n) is 5.04. The average molecular weight is 460 g/mol. The topological polar surface area (TPSA) is 44.8 Å². The molecule has 2 amide bonds. The molecule has 2 rings (SSSR count). The lowest BCUT2D eigenvalue weighted by Crippen LogP contribution is -2.49. The van der Waals surface area contributed by atoms with Crippen molar-refractivity contribution < 1.29 is 13.9 Å². The largest absolute Gasteiger partial charge is 0.498 e. The molecule has 0 radical (unpaired) electrons. The summed E-state index contributed by atoms with van der Waals surface area (Å²) in [6.07, 6.45) is 15.9. The Morgan fingerprint density at radius 2 is 1.85 bits per heavy atom. The van der Waals surface area contributed by atoms with E-state index in [9.17, 15) is 9.18 Å². The number of carbonyl (C=O) groups is 1. The van der Waals surface area contributed by atoms with Gasteiger partial charge in [0, 0.05) is 19.6 Å². The first-order valence-corrected chi connectivity index (χ1v) is 11.4. The number of carbonyl (C=O) groups excluding carboxylic acids is 1. The first-order chi connectivity index (χ1) is 15.8. The molecular formula is C27H42FN3O2. The summed E-state index contributed by atoms with van der Waals surface area (Å²) in [6, 6.07) is 6.53. The standard InChI is InChI=1S/C15H22FN3O.C10H18O.C2H2/c1-17-15(20)19(14-7-9-18(2)10-8-14)11-12-3-5-13(16)6-4-12;1-5-6-7-10(4)11-8-9(2)3;1-2/h3-6,14H,7-11H2,1-2H3,(H,17,20);5-7,9H,8H2,1-4H3;1-2H/b;6-5-,10-7+;. The van der Waals surface area contributed by atoms with Crippen LogP contribution in [-0.4, -0.2) is 55.7 Å². The van der Waals surface area contributed by atoms with Crippen molar-refractivity contribution in [2.75, 3.05) is 33.8 Å². The van der Waals surface area contributed by atoms with Crippen molar-refractivity contribution in [2.45, 2.75) is 53.1 Å². The van der Waals surface area contributed by atoms with Gasteiger partial charge in [0.2, 0.25) is 0 Å². The van der Waals surface area contributed by atoms with Crippen LogP contribution in [0.1, 0.15) is 46.1 Å². The molecule has 1 N–H and O–H groups in total. The number of allylic oxidation sites excluding steroid dienone is 4.